The van der Waals surface area contributed by atoms with Crippen LogP contribution in [0, 0.1) is 11.6 Å². The molecule has 5 aromatic rings. The highest BCUT2D eigenvalue weighted by Crippen LogP contribution is 2.28. The van der Waals surface area contributed by atoms with Gasteiger partial charge in [-0.25, -0.2) is 28.7 Å². The quantitative estimate of drug-likeness (QED) is 0.364. The lowest BCUT2D eigenvalue weighted by atomic mass is 10.0. The molecular formula is C26H25F2N9O. The fourth-order valence-corrected chi connectivity index (χ4v) is 4.93. The summed E-state index contributed by atoms with van der Waals surface area (Å²) in [4.78, 5) is 36.3. The van der Waals surface area contributed by atoms with Crippen molar-refractivity contribution in [2.45, 2.75) is 18.9 Å². The van der Waals surface area contributed by atoms with E-state index in [1.54, 1.807) is 6.20 Å². The van der Waals surface area contributed by atoms with E-state index in [-0.39, 0.29) is 28.1 Å². The van der Waals surface area contributed by atoms with E-state index in [0.29, 0.717) is 17.5 Å². The molecule has 0 saturated carbocycles. The lowest BCUT2D eigenvalue weighted by Gasteiger charge is -2.36. The number of piperidine rings is 1. The van der Waals surface area contributed by atoms with Gasteiger partial charge in [0.2, 0.25) is 5.95 Å². The molecule has 1 aliphatic rings. The minimum absolute atomic E-state index is 0.104. The molecule has 6 rings (SSSR count). The van der Waals surface area contributed by atoms with Crippen molar-refractivity contribution < 1.29 is 8.78 Å². The Morgan fingerprint density at radius 2 is 1.87 bits per heavy atom. The summed E-state index contributed by atoms with van der Waals surface area (Å²) in [6, 6.07) is 6.97. The van der Waals surface area contributed by atoms with Gasteiger partial charge in [-0.15, -0.1) is 0 Å². The lowest BCUT2D eigenvalue weighted by molar-refractivity contribution is 0.249. The molecule has 1 aromatic carbocycles. The highest BCUT2D eigenvalue weighted by Gasteiger charge is 2.21. The zero-order chi connectivity index (χ0) is 26.4. The van der Waals surface area contributed by atoms with Crippen LogP contribution in [0.2, 0.25) is 0 Å². The second-order valence-electron chi connectivity index (χ2n) is 9.55. The van der Waals surface area contributed by atoms with Gasteiger partial charge in [-0.1, -0.05) is 0 Å². The molecule has 4 aromatic heterocycles. The van der Waals surface area contributed by atoms with Crippen molar-refractivity contribution in [2.24, 2.45) is 0 Å². The largest absolute Gasteiger partial charge is 0.370 e. The number of aromatic nitrogens is 6. The summed E-state index contributed by atoms with van der Waals surface area (Å²) in [5.74, 6) is -0.933. The third kappa shape index (κ3) is 4.32. The van der Waals surface area contributed by atoms with E-state index in [1.807, 2.05) is 12.1 Å². The van der Waals surface area contributed by atoms with Crippen LogP contribution < -0.4 is 15.8 Å². The van der Waals surface area contributed by atoms with Crippen LogP contribution in [0.15, 0.2) is 54.0 Å². The van der Waals surface area contributed by atoms with E-state index in [0.717, 1.165) is 43.9 Å². The van der Waals surface area contributed by atoms with Gasteiger partial charge in [-0.05, 0) is 51.2 Å². The molecule has 0 amide bonds. The van der Waals surface area contributed by atoms with Crippen LogP contribution in [0.3, 0.4) is 0 Å². The predicted octanol–water partition coefficient (Wildman–Crippen LogP) is 3.58. The van der Waals surface area contributed by atoms with Crippen LogP contribution in [0.1, 0.15) is 12.8 Å². The standard InChI is InChI=1S/C26H25F2N9O/c1-35(2)16-5-7-36(8-6-16)17-3-4-21(30-11-17)32-26-31-12-19(28)24(34-26)15-9-18(27)23-20(10-15)37-14-29-13-22(37)33-25(23)38/h3-4,9-14,16H,5-8H2,1-2H3,(H,33,38)(H,30,31,32,34). The number of nitrogens with one attached hydrogen (secondary N) is 2. The molecule has 1 fully saturated rings. The van der Waals surface area contributed by atoms with Crippen LogP contribution in [-0.2, 0) is 0 Å². The third-order valence-electron chi connectivity index (χ3n) is 7.00. The number of pyridine rings is 1. The molecule has 0 aliphatic carbocycles. The Labute approximate surface area is 216 Å². The summed E-state index contributed by atoms with van der Waals surface area (Å²) >= 11 is 0. The van der Waals surface area contributed by atoms with Gasteiger partial charge in [0.25, 0.3) is 5.56 Å². The van der Waals surface area contributed by atoms with Gasteiger partial charge in [0, 0.05) is 24.7 Å². The molecule has 0 bridgehead atoms. The summed E-state index contributed by atoms with van der Waals surface area (Å²) in [6.07, 6.45) is 7.88. The Bertz CT molecular complexity index is 1690. The van der Waals surface area contributed by atoms with Gasteiger partial charge in [0.05, 0.1) is 35.2 Å². The van der Waals surface area contributed by atoms with Crippen molar-refractivity contribution >= 4 is 34.0 Å². The maximum atomic E-state index is 15.0. The minimum Gasteiger partial charge on any atom is -0.370 e. The Morgan fingerprint density at radius 1 is 1.05 bits per heavy atom. The van der Waals surface area contributed by atoms with Crippen LogP contribution >= 0.6 is 0 Å². The van der Waals surface area contributed by atoms with E-state index in [2.05, 4.69) is 54.1 Å². The highest BCUT2D eigenvalue weighted by atomic mass is 19.1. The van der Waals surface area contributed by atoms with Crippen LogP contribution in [-0.4, -0.2) is 67.4 Å². The summed E-state index contributed by atoms with van der Waals surface area (Å²) in [5, 5.41) is 2.84. The van der Waals surface area contributed by atoms with Crippen molar-refractivity contribution in [1.29, 1.82) is 0 Å². The first-order chi connectivity index (χ1) is 18.4. The molecule has 0 radical (unpaired) electrons. The number of anilines is 3. The number of fused-ring (bicyclic) bond motifs is 3. The van der Waals surface area contributed by atoms with Gasteiger partial charge in [0.15, 0.2) is 5.82 Å². The Hall–Kier alpha value is -4.45. The molecule has 0 spiro atoms. The SMILES string of the molecule is CN(C)C1CCN(c2ccc(Nc3ncc(F)c(-c4cc(F)c5c(=O)[nH]c6cncn6c5c4)n3)nc2)CC1. The molecule has 2 N–H and O–H groups in total. The number of rotatable bonds is 5. The number of imidazole rings is 1. The second-order valence-corrected chi connectivity index (χ2v) is 9.55. The van der Waals surface area contributed by atoms with E-state index in [9.17, 15) is 9.18 Å². The first kappa shape index (κ1) is 23.9. The Kier molecular flexibility index (Phi) is 5.95. The summed E-state index contributed by atoms with van der Waals surface area (Å²) < 4.78 is 31.3. The normalized spacial score (nSPS) is 14.6. The van der Waals surface area contributed by atoms with Crippen LogP contribution in [0.25, 0.3) is 27.8 Å². The average Bonchev–Trinajstić information content (AvgIpc) is 3.39. The van der Waals surface area contributed by atoms with Crippen LogP contribution in [0.4, 0.5) is 26.2 Å². The fraction of sp³-hybridized carbons (Fsp3) is 0.269. The van der Waals surface area contributed by atoms with Crippen molar-refractivity contribution in [3.8, 4) is 11.3 Å². The molecule has 1 aliphatic heterocycles. The zero-order valence-electron chi connectivity index (χ0n) is 20.8. The number of hydrogen-bond donors (Lipinski definition) is 2. The molecule has 12 heteroatoms. The van der Waals surface area contributed by atoms with Gasteiger partial charge in [-0.3, -0.25) is 9.20 Å². The molecule has 1 saturated heterocycles. The topological polar surface area (TPSA) is 107 Å². The van der Waals surface area contributed by atoms with Crippen molar-refractivity contribution in [3.63, 3.8) is 0 Å². The minimum atomic E-state index is -0.797. The number of nitrogens with zero attached hydrogens (tertiary/aromatic N) is 7. The maximum Gasteiger partial charge on any atom is 0.261 e. The van der Waals surface area contributed by atoms with E-state index in [4.69, 9.17) is 0 Å². The zero-order valence-corrected chi connectivity index (χ0v) is 20.8. The number of H-pyrrole nitrogens is 1. The van der Waals surface area contributed by atoms with E-state index in [1.165, 1.54) is 23.0 Å². The average molecular weight is 518 g/mol. The summed E-state index contributed by atoms with van der Waals surface area (Å²) in [7, 11) is 4.22. The maximum absolute atomic E-state index is 15.0. The van der Waals surface area contributed by atoms with Crippen molar-refractivity contribution in [3.05, 3.63) is 71.2 Å². The fourth-order valence-electron chi connectivity index (χ4n) is 4.93. The highest BCUT2D eigenvalue weighted by molar-refractivity contribution is 5.85. The summed E-state index contributed by atoms with van der Waals surface area (Å²) in [6.45, 7) is 1.92. The lowest BCUT2D eigenvalue weighted by Crippen LogP contribution is -2.42. The number of benzene rings is 1. The monoisotopic (exact) mass is 517 g/mol. The molecule has 10 nitrogen and oxygen atoms in total. The van der Waals surface area contributed by atoms with Gasteiger partial charge < -0.3 is 20.1 Å². The van der Waals surface area contributed by atoms with Gasteiger partial charge in [-0.2, -0.15) is 0 Å². The number of aromatic amines is 1. The second kappa shape index (κ2) is 9.45. The number of hydrogen-bond acceptors (Lipinski definition) is 8. The smallest absolute Gasteiger partial charge is 0.261 e. The van der Waals surface area contributed by atoms with Crippen molar-refractivity contribution in [2.75, 3.05) is 37.4 Å². The molecule has 38 heavy (non-hydrogen) atoms. The molecule has 0 unspecified atom stereocenters. The summed E-state index contributed by atoms with van der Waals surface area (Å²) in [5.41, 5.74) is 1.11. The predicted molar refractivity (Wildman–Crippen MR) is 141 cm³/mol. The molecule has 5 heterocycles. The Morgan fingerprint density at radius 3 is 2.61 bits per heavy atom. The van der Waals surface area contributed by atoms with Crippen molar-refractivity contribution in [1.82, 2.24) is 34.2 Å². The Balaban J connectivity index is 1.27. The van der Waals surface area contributed by atoms with Crippen LogP contribution in [0.5, 0.6) is 0 Å². The number of halogens is 2. The molecular weight excluding hydrogens is 492 g/mol. The first-order valence-corrected chi connectivity index (χ1v) is 12.2. The van der Waals surface area contributed by atoms with Gasteiger partial charge >= 0.3 is 0 Å². The van der Waals surface area contributed by atoms with Gasteiger partial charge in [0.1, 0.15) is 29.3 Å². The molecule has 194 valence electrons. The first-order valence-electron chi connectivity index (χ1n) is 12.2. The van der Waals surface area contributed by atoms with E-state index >= 15 is 4.39 Å². The van der Waals surface area contributed by atoms with E-state index < -0.39 is 17.2 Å². The third-order valence-corrected chi connectivity index (χ3v) is 7.00. The molecule has 0 atom stereocenters.